The Morgan fingerprint density at radius 3 is 2.17 bits per heavy atom. The van der Waals surface area contributed by atoms with Gasteiger partial charge in [-0.15, -0.1) is 0 Å². The lowest BCUT2D eigenvalue weighted by atomic mass is 9.94. The van der Waals surface area contributed by atoms with Crippen LogP contribution in [0.5, 0.6) is 0 Å². The van der Waals surface area contributed by atoms with Crippen molar-refractivity contribution in [2.45, 2.75) is 39.1 Å². The van der Waals surface area contributed by atoms with E-state index in [1.165, 1.54) is 18.2 Å². The summed E-state index contributed by atoms with van der Waals surface area (Å²) < 4.78 is 27.8. The second-order valence-corrected chi connectivity index (χ2v) is 10.6. The minimum Gasteiger partial charge on any atom is -0.384 e. The molecule has 1 amide bonds. The molecule has 3 N–H and O–H groups in total. The number of pyridine rings is 2. The van der Waals surface area contributed by atoms with Crippen LogP contribution in [0.25, 0.3) is 11.3 Å². The van der Waals surface area contributed by atoms with Crippen molar-refractivity contribution in [2.75, 3.05) is 5.73 Å². The highest BCUT2D eigenvalue weighted by atomic mass is 32.2. The lowest BCUT2D eigenvalue weighted by molar-refractivity contribution is 0.0980. The Labute approximate surface area is 211 Å². The maximum Gasteiger partial charge on any atom is 0.281 e. The highest BCUT2D eigenvalue weighted by Gasteiger charge is 2.23. The van der Waals surface area contributed by atoms with Crippen molar-refractivity contribution in [1.82, 2.24) is 14.7 Å². The molecule has 0 fully saturated rings. The van der Waals surface area contributed by atoms with E-state index in [0.717, 1.165) is 33.4 Å². The third-order valence-electron chi connectivity index (χ3n) is 6.00. The highest BCUT2D eigenvalue weighted by Crippen LogP contribution is 2.25. The van der Waals surface area contributed by atoms with Crippen molar-refractivity contribution in [1.29, 1.82) is 0 Å². The predicted octanol–water partition coefficient (Wildman–Crippen LogP) is 4.67. The Morgan fingerprint density at radius 2 is 1.53 bits per heavy atom. The van der Waals surface area contributed by atoms with Crippen molar-refractivity contribution in [2.24, 2.45) is 0 Å². The van der Waals surface area contributed by atoms with Crippen LogP contribution >= 0.6 is 0 Å². The van der Waals surface area contributed by atoms with Gasteiger partial charge in [0.1, 0.15) is 5.82 Å². The van der Waals surface area contributed by atoms with Gasteiger partial charge in [-0.25, -0.2) is 9.71 Å². The Balaban J connectivity index is 1.77. The van der Waals surface area contributed by atoms with Crippen molar-refractivity contribution in [3.63, 3.8) is 0 Å². The van der Waals surface area contributed by atoms with Crippen LogP contribution in [-0.4, -0.2) is 24.3 Å². The summed E-state index contributed by atoms with van der Waals surface area (Å²) >= 11 is 0. The Hall–Kier alpha value is -4.04. The van der Waals surface area contributed by atoms with Crippen molar-refractivity contribution < 1.29 is 13.2 Å². The molecule has 0 saturated carbocycles. The number of aryl methyl sites for hydroxylation is 4. The fourth-order valence-corrected chi connectivity index (χ4v) is 5.14. The smallest absolute Gasteiger partial charge is 0.281 e. The summed E-state index contributed by atoms with van der Waals surface area (Å²) in [5.74, 6) is -0.736. The van der Waals surface area contributed by atoms with E-state index in [9.17, 15) is 13.2 Å². The van der Waals surface area contributed by atoms with Gasteiger partial charge in [-0.05, 0) is 68.7 Å². The maximum absolute atomic E-state index is 13.3. The number of hydrogen-bond donors (Lipinski definition) is 2. The van der Waals surface area contributed by atoms with Crippen LogP contribution in [0.2, 0.25) is 0 Å². The topological polar surface area (TPSA) is 115 Å². The van der Waals surface area contributed by atoms with Crippen LogP contribution in [0.3, 0.4) is 0 Å². The minimum absolute atomic E-state index is 0.0421. The molecule has 0 saturated heterocycles. The third kappa shape index (κ3) is 5.44. The fraction of sp³-hybridized carbons (Fsp3) is 0.179. The quantitative estimate of drug-likeness (QED) is 0.398. The summed E-state index contributed by atoms with van der Waals surface area (Å²) in [5.41, 5.74) is 13.4. The lowest BCUT2D eigenvalue weighted by Gasteiger charge is -2.15. The van der Waals surface area contributed by atoms with Crippen LogP contribution in [0.1, 0.15) is 43.9 Å². The molecular weight excluding hydrogens is 472 g/mol. The van der Waals surface area contributed by atoms with Crippen molar-refractivity contribution >= 4 is 21.7 Å². The summed E-state index contributed by atoms with van der Waals surface area (Å²) in [6, 6.07) is 19.7. The molecule has 184 valence electrons. The molecule has 2 aromatic carbocycles. The van der Waals surface area contributed by atoms with Gasteiger partial charge in [0.05, 0.1) is 17.0 Å². The monoisotopic (exact) mass is 500 g/mol. The third-order valence-corrected chi connectivity index (χ3v) is 7.23. The molecule has 0 aliphatic rings. The number of sulfonamides is 1. The predicted molar refractivity (Wildman–Crippen MR) is 141 cm³/mol. The second-order valence-electron chi connectivity index (χ2n) is 8.95. The Kier molecular flexibility index (Phi) is 6.90. The number of amides is 1. The first-order valence-corrected chi connectivity index (χ1v) is 12.9. The van der Waals surface area contributed by atoms with Crippen molar-refractivity contribution in [3.05, 3.63) is 106 Å². The van der Waals surface area contributed by atoms with E-state index in [0.29, 0.717) is 17.8 Å². The van der Waals surface area contributed by atoms with Gasteiger partial charge in [0, 0.05) is 12.0 Å². The van der Waals surface area contributed by atoms with E-state index in [2.05, 4.69) is 21.8 Å². The van der Waals surface area contributed by atoms with Gasteiger partial charge in [0.2, 0.25) is 0 Å². The summed E-state index contributed by atoms with van der Waals surface area (Å²) in [7, 11) is -4.23. The van der Waals surface area contributed by atoms with E-state index in [4.69, 9.17) is 10.7 Å². The van der Waals surface area contributed by atoms with Gasteiger partial charge in [-0.3, -0.25) is 9.78 Å². The molecule has 2 heterocycles. The largest absolute Gasteiger partial charge is 0.384 e. The second kappa shape index (κ2) is 9.91. The highest BCUT2D eigenvalue weighted by molar-refractivity contribution is 7.90. The number of carbonyl (C=O) groups excluding carboxylic acids is 1. The SMILES string of the molecule is Cc1ccc(-c2ccc(C(=O)NS(=O)(=O)c3cccc(N)n3)c(Cc3c(C)cc(C)cc3C)n2)cc1. The number of benzene rings is 2. The number of nitrogens with zero attached hydrogens (tertiary/aromatic N) is 2. The molecule has 0 atom stereocenters. The van der Waals surface area contributed by atoms with E-state index < -0.39 is 15.9 Å². The molecular formula is C28H28N4O3S. The number of rotatable bonds is 6. The number of anilines is 1. The fourth-order valence-electron chi connectivity index (χ4n) is 4.19. The maximum atomic E-state index is 13.3. The normalized spacial score (nSPS) is 11.3. The number of carbonyl (C=O) groups is 1. The lowest BCUT2D eigenvalue weighted by Crippen LogP contribution is -2.32. The molecule has 0 unspecified atom stereocenters. The van der Waals surface area contributed by atoms with Gasteiger partial charge >= 0.3 is 0 Å². The minimum atomic E-state index is -4.23. The molecule has 4 rings (SSSR count). The summed E-state index contributed by atoms with van der Waals surface area (Å²) in [4.78, 5) is 21.9. The zero-order chi connectivity index (χ0) is 26.0. The molecule has 4 aromatic rings. The average Bonchev–Trinajstić information content (AvgIpc) is 2.81. The summed E-state index contributed by atoms with van der Waals surface area (Å²) in [5, 5.41) is -0.327. The van der Waals surface area contributed by atoms with E-state index in [-0.39, 0.29) is 16.4 Å². The molecule has 36 heavy (non-hydrogen) atoms. The molecule has 0 bridgehead atoms. The van der Waals surface area contributed by atoms with Gasteiger partial charge in [0.25, 0.3) is 15.9 Å². The molecule has 0 aliphatic heterocycles. The first kappa shape index (κ1) is 25.1. The number of nitrogens with two attached hydrogens (primary N) is 1. The number of hydrogen-bond acceptors (Lipinski definition) is 6. The summed E-state index contributed by atoms with van der Waals surface area (Å²) in [6.45, 7) is 8.09. The number of nitrogen functional groups attached to an aromatic ring is 1. The van der Waals surface area contributed by atoms with Gasteiger partial charge in [-0.1, -0.05) is 53.6 Å². The van der Waals surface area contributed by atoms with E-state index >= 15 is 0 Å². The van der Waals surface area contributed by atoms with Gasteiger partial charge in [0.15, 0.2) is 5.03 Å². The van der Waals surface area contributed by atoms with Crippen molar-refractivity contribution in [3.8, 4) is 11.3 Å². The molecule has 7 nitrogen and oxygen atoms in total. The zero-order valence-corrected chi connectivity index (χ0v) is 21.5. The Bertz CT molecular complexity index is 1540. The Morgan fingerprint density at radius 1 is 0.861 bits per heavy atom. The van der Waals surface area contributed by atoms with Crippen LogP contribution in [-0.2, 0) is 16.4 Å². The van der Waals surface area contributed by atoms with Crippen LogP contribution in [0.15, 0.2) is 71.8 Å². The van der Waals surface area contributed by atoms with E-state index in [1.807, 2.05) is 52.0 Å². The summed E-state index contributed by atoms with van der Waals surface area (Å²) in [6.07, 6.45) is 0.372. The molecule has 0 radical (unpaired) electrons. The van der Waals surface area contributed by atoms with Gasteiger partial charge in [-0.2, -0.15) is 8.42 Å². The van der Waals surface area contributed by atoms with Crippen LogP contribution in [0, 0.1) is 27.7 Å². The molecule has 0 aliphatic carbocycles. The van der Waals surface area contributed by atoms with Gasteiger partial charge < -0.3 is 5.73 Å². The van der Waals surface area contributed by atoms with Crippen LogP contribution in [0.4, 0.5) is 5.82 Å². The number of aromatic nitrogens is 2. The first-order valence-electron chi connectivity index (χ1n) is 11.5. The average molecular weight is 501 g/mol. The first-order chi connectivity index (χ1) is 17.0. The molecule has 0 spiro atoms. The van der Waals surface area contributed by atoms with E-state index in [1.54, 1.807) is 12.1 Å². The molecule has 2 aromatic heterocycles. The zero-order valence-electron chi connectivity index (χ0n) is 20.7. The van der Waals surface area contributed by atoms with Crippen LogP contribution < -0.4 is 10.5 Å². The standard InChI is InChI=1S/C28H28N4O3S/c1-17-8-10-21(11-9-17)24-13-12-22(25(30-24)16-23-19(3)14-18(2)15-20(23)4)28(33)32-36(34,35)27-7-5-6-26(29)31-27/h5-15H,16H2,1-4H3,(H2,29,31)(H,32,33). The number of nitrogens with one attached hydrogen (secondary N) is 1. The molecule has 8 heteroatoms.